The maximum Gasteiger partial charge on any atom is 0.0845 e. The number of aliphatic hydroxyl groups is 1. The van der Waals surface area contributed by atoms with Crippen molar-refractivity contribution in [1.29, 1.82) is 0 Å². The average molecular weight is 284 g/mol. The Morgan fingerprint density at radius 1 is 0.950 bits per heavy atom. The molecule has 0 spiro atoms. The Hall–Kier alpha value is -1.90. The van der Waals surface area contributed by atoms with E-state index in [0.29, 0.717) is 11.4 Å². The van der Waals surface area contributed by atoms with Gasteiger partial charge in [-0.05, 0) is 29.8 Å². The van der Waals surface area contributed by atoms with E-state index in [0.717, 1.165) is 22.2 Å². The van der Waals surface area contributed by atoms with Crippen LogP contribution in [-0.2, 0) is 6.42 Å². The number of rotatable bonds is 3. The van der Waals surface area contributed by atoms with Gasteiger partial charge in [0.1, 0.15) is 0 Å². The molecule has 1 N–H and O–H groups in total. The minimum Gasteiger partial charge on any atom is -0.388 e. The maximum atomic E-state index is 10.3. The smallest absolute Gasteiger partial charge is 0.0845 e. The average Bonchev–Trinajstić information content (AvgIpc) is 2.48. The van der Waals surface area contributed by atoms with Crippen LogP contribution >= 0.6 is 11.6 Å². The number of hydrogen-bond acceptors (Lipinski definition) is 2. The summed E-state index contributed by atoms with van der Waals surface area (Å²) in [7, 11) is 0. The number of fused-ring (bicyclic) bond motifs is 1. The second-order valence-corrected chi connectivity index (χ2v) is 5.20. The molecule has 0 saturated carbocycles. The van der Waals surface area contributed by atoms with Crippen LogP contribution in [0.4, 0.5) is 0 Å². The normalized spacial score (nSPS) is 12.5. The Balaban J connectivity index is 1.83. The van der Waals surface area contributed by atoms with Crippen molar-refractivity contribution in [2.45, 2.75) is 12.5 Å². The number of hydrogen-bond donors (Lipinski definition) is 1. The monoisotopic (exact) mass is 283 g/mol. The van der Waals surface area contributed by atoms with E-state index in [-0.39, 0.29) is 0 Å². The molecule has 0 radical (unpaired) electrons. The van der Waals surface area contributed by atoms with Crippen LogP contribution in [0.2, 0.25) is 5.02 Å². The van der Waals surface area contributed by atoms with Gasteiger partial charge >= 0.3 is 0 Å². The minimum atomic E-state index is -0.569. The van der Waals surface area contributed by atoms with E-state index in [2.05, 4.69) is 4.98 Å². The van der Waals surface area contributed by atoms with Gasteiger partial charge < -0.3 is 5.11 Å². The van der Waals surface area contributed by atoms with Crippen LogP contribution in [0.3, 0.4) is 0 Å². The highest BCUT2D eigenvalue weighted by atomic mass is 35.5. The molecule has 1 heterocycles. The van der Waals surface area contributed by atoms with Gasteiger partial charge in [-0.2, -0.15) is 0 Å². The van der Waals surface area contributed by atoms with Gasteiger partial charge in [0.25, 0.3) is 0 Å². The third-order valence-electron chi connectivity index (χ3n) is 3.31. The van der Waals surface area contributed by atoms with Gasteiger partial charge in [-0.3, -0.25) is 4.98 Å². The molecule has 3 aromatic rings. The Morgan fingerprint density at radius 2 is 1.70 bits per heavy atom. The van der Waals surface area contributed by atoms with Crippen molar-refractivity contribution in [1.82, 2.24) is 4.98 Å². The third-order valence-corrected chi connectivity index (χ3v) is 3.57. The summed E-state index contributed by atoms with van der Waals surface area (Å²) in [5.74, 6) is 0. The summed E-state index contributed by atoms with van der Waals surface area (Å²) in [4.78, 5) is 4.57. The van der Waals surface area contributed by atoms with Gasteiger partial charge in [0, 0.05) is 22.5 Å². The van der Waals surface area contributed by atoms with Crippen molar-refractivity contribution in [2.75, 3.05) is 0 Å². The number of pyridine rings is 1. The second kappa shape index (κ2) is 5.61. The van der Waals surface area contributed by atoms with Crippen LogP contribution in [0.15, 0.2) is 60.7 Å². The van der Waals surface area contributed by atoms with Gasteiger partial charge in [0.15, 0.2) is 0 Å². The summed E-state index contributed by atoms with van der Waals surface area (Å²) >= 11 is 5.85. The van der Waals surface area contributed by atoms with Gasteiger partial charge in [0.2, 0.25) is 0 Å². The molecule has 0 fully saturated rings. The highest BCUT2D eigenvalue weighted by Gasteiger charge is 2.09. The van der Waals surface area contributed by atoms with Gasteiger partial charge in [-0.25, -0.2) is 0 Å². The molecule has 0 aliphatic carbocycles. The van der Waals surface area contributed by atoms with Crippen molar-refractivity contribution in [3.05, 3.63) is 76.9 Å². The second-order valence-electron chi connectivity index (χ2n) is 4.77. The molecule has 2 aromatic carbocycles. The Labute approximate surface area is 122 Å². The van der Waals surface area contributed by atoms with E-state index in [4.69, 9.17) is 11.6 Å². The van der Waals surface area contributed by atoms with Crippen molar-refractivity contribution < 1.29 is 5.11 Å². The summed E-state index contributed by atoms with van der Waals surface area (Å²) in [6.45, 7) is 0. The highest BCUT2D eigenvalue weighted by molar-refractivity contribution is 6.30. The third kappa shape index (κ3) is 2.82. The van der Waals surface area contributed by atoms with Crippen molar-refractivity contribution in [2.24, 2.45) is 0 Å². The van der Waals surface area contributed by atoms with Crippen LogP contribution in [0, 0.1) is 0 Å². The number of halogens is 1. The van der Waals surface area contributed by atoms with Gasteiger partial charge in [0.05, 0.1) is 11.6 Å². The molecule has 0 aliphatic heterocycles. The lowest BCUT2D eigenvalue weighted by Gasteiger charge is -2.11. The fourth-order valence-corrected chi connectivity index (χ4v) is 2.35. The lowest BCUT2D eigenvalue weighted by Crippen LogP contribution is -2.03. The fourth-order valence-electron chi connectivity index (χ4n) is 2.22. The first kappa shape index (κ1) is 13.1. The molecule has 3 rings (SSSR count). The Morgan fingerprint density at radius 3 is 2.50 bits per heavy atom. The predicted molar refractivity (Wildman–Crippen MR) is 81.9 cm³/mol. The lowest BCUT2D eigenvalue weighted by molar-refractivity contribution is 0.177. The predicted octanol–water partition coefficient (Wildman–Crippen LogP) is 4.16. The zero-order chi connectivity index (χ0) is 13.9. The molecule has 100 valence electrons. The largest absolute Gasteiger partial charge is 0.388 e. The van der Waals surface area contributed by atoms with E-state index >= 15 is 0 Å². The van der Waals surface area contributed by atoms with Crippen LogP contribution in [0.5, 0.6) is 0 Å². The van der Waals surface area contributed by atoms with Crippen molar-refractivity contribution in [3.8, 4) is 0 Å². The van der Waals surface area contributed by atoms with E-state index in [1.807, 2.05) is 48.5 Å². The molecular weight excluding hydrogens is 270 g/mol. The molecular formula is C17H14ClNO. The van der Waals surface area contributed by atoms with Crippen molar-refractivity contribution in [3.63, 3.8) is 0 Å². The molecule has 0 bridgehead atoms. The van der Waals surface area contributed by atoms with Crippen LogP contribution in [0.1, 0.15) is 17.4 Å². The molecule has 2 nitrogen and oxygen atoms in total. The number of aliphatic hydroxyl groups excluding tert-OH is 1. The summed E-state index contributed by atoms with van der Waals surface area (Å²) in [6.07, 6.45) is -0.0761. The van der Waals surface area contributed by atoms with Gasteiger partial charge in [-0.1, -0.05) is 48.0 Å². The van der Waals surface area contributed by atoms with E-state index < -0.39 is 6.10 Å². The molecule has 20 heavy (non-hydrogen) atoms. The number of para-hydroxylation sites is 1. The lowest BCUT2D eigenvalue weighted by atomic mass is 10.0. The number of nitrogens with zero attached hydrogens (tertiary/aromatic N) is 1. The van der Waals surface area contributed by atoms with Crippen LogP contribution in [-0.4, -0.2) is 10.1 Å². The Bertz CT molecular complexity index is 724. The first-order chi connectivity index (χ1) is 9.72. The molecule has 0 aliphatic rings. The highest BCUT2D eigenvalue weighted by Crippen LogP contribution is 2.21. The molecule has 0 unspecified atom stereocenters. The zero-order valence-corrected chi connectivity index (χ0v) is 11.6. The molecule has 3 heteroatoms. The summed E-state index contributed by atoms with van der Waals surface area (Å²) < 4.78 is 0. The maximum absolute atomic E-state index is 10.3. The van der Waals surface area contributed by atoms with Crippen LogP contribution < -0.4 is 0 Å². The van der Waals surface area contributed by atoms with Crippen molar-refractivity contribution >= 4 is 22.5 Å². The zero-order valence-electron chi connectivity index (χ0n) is 10.8. The minimum absolute atomic E-state index is 0.493. The quantitative estimate of drug-likeness (QED) is 0.783. The molecule has 0 saturated heterocycles. The fraction of sp³-hybridized carbons (Fsp3) is 0.118. The standard InChI is InChI=1S/C17H14ClNO/c18-14-8-5-13(6-9-14)17(20)11-15-10-7-12-3-1-2-4-16(12)19-15/h1-10,17,20H,11H2/t17-/m0/s1. The Kier molecular flexibility index (Phi) is 3.68. The molecule has 0 amide bonds. The van der Waals surface area contributed by atoms with E-state index in [9.17, 15) is 5.11 Å². The number of aromatic nitrogens is 1. The van der Waals surface area contributed by atoms with Crippen LogP contribution in [0.25, 0.3) is 10.9 Å². The molecule has 1 aromatic heterocycles. The number of benzene rings is 2. The van der Waals surface area contributed by atoms with E-state index in [1.54, 1.807) is 12.1 Å². The SMILES string of the molecule is O[C@@H](Cc1ccc2ccccc2n1)c1ccc(Cl)cc1. The molecule has 1 atom stereocenters. The first-order valence-electron chi connectivity index (χ1n) is 6.50. The summed E-state index contributed by atoms with van der Waals surface area (Å²) in [5, 5.41) is 12.0. The summed E-state index contributed by atoms with van der Waals surface area (Å²) in [5.41, 5.74) is 2.68. The topological polar surface area (TPSA) is 33.1 Å². The van der Waals surface area contributed by atoms with E-state index in [1.165, 1.54) is 0 Å². The summed E-state index contributed by atoms with van der Waals surface area (Å²) in [6, 6.07) is 19.2. The van der Waals surface area contributed by atoms with Gasteiger partial charge in [-0.15, -0.1) is 0 Å². The first-order valence-corrected chi connectivity index (χ1v) is 6.88.